The fourth-order valence-corrected chi connectivity index (χ4v) is 4.76. The van der Waals surface area contributed by atoms with Gasteiger partial charge in [0.05, 0.1) is 28.3 Å². The van der Waals surface area contributed by atoms with E-state index in [9.17, 15) is 14.7 Å². The molecule has 0 radical (unpaired) electrons. The van der Waals surface area contributed by atoms with E-state index >= 15 is 0 Å². The molecule has 3 aromatic rings. The third-order valence-corrected chi connectivity index (χ3v) is 7.31. The van der Waals surface area contributed by atoms with Crippen LogP contribution in [-0.4, -0.2) is 85.8 Å². The first-order valence-electron chi connectivity index (χ1n) is 12.5. The summed E-state index contributed by atoms with van der Waals surface area (Å²) < 4.78 is 7.73. The Morgan fingerprint density at radius 1 is 1.26 bits per heavy atom. The van der Waals surface area contributed by atoms with Gasteiger partial charge in [-0.1, -0.05) is 36.2 Å². The number of likely N-dealkylation sites (N-methyl/N-ethyl adjacent to an activating group) is 1. The number of nitrogens with one attached hydrogen (secondary N) is 1. The normalized spacial score (nSPS) is 18.2. The molecule has 1 aliphatic heterocycles. The second kappa shape index (κ2) is 12.7. The van der Waals surface area contributed by atoms with Crippen molar-refractivity contribution in [3.05, 3.63) is 63.9 Å². The summed E-state index contributed by atoms with van der Waals surface area (Å²) in [5, 5.41) is 24.4. The van der Waals surface area contributed by atoms with Gasteiger partial charge in [0.2, 0.25) is 5.91 Å². The monoisotopic (exact) mass is 575 g/mol. The third-order valence-electron chi connectivity index (χ3n) is 6.57. The Morgan fingerprint density at radius 2 is 2.05 bits per heavy atom. The highest BCUT2D eigenvalue weighted by Crippen LogP contribution is 2.31. The number of hydrogen-bond acceptors (Lipinski definition) is 8. The van der Waals surface area contributed by atoms with Crippen molar-refractivity contribution in [1.82, 2.24) is 30.0 Å². The molecule has 0 unspecified atom stereocenters. The lowest BCUT2D eigenvalue weighted by molar-refractivity contribution is -0.116. The molecule has 13 heteroatoms. The molecule has 0 bridgehead atoms. The molecule has 0 saturated heterocycles. The molecular formula is C26H31Cl2N7O4. The minimum absolute atomic E-state index is 0.0389. The van der Waals surface area contributed by atoms with Crippen LogP contribution in [0.3, 0.4) is 0 Å². The number of amides is 2. The molecule has 2 N–H and O–H groups in total. The van der Waals surface area contributed by atoms with Gasteiger partial charge in [-0.3, -0.25) is 14.5 Å². The Bertz CT molecular complexity index is 1310. The first-order valence-corrected chi connectivity index (χ1v) is 13.3. The minimum Gasteiger partial charge on any atom is -0.488 e. The number of aliphatic hydroxyl groups excluding tert-OH is 1. The fourth-order valence-electron chi connectivity index (χ4n) is 4.44. The Morgan fingerprint density at radius 3 is 2.74 bits per heavy atom. The lowest BCUT2D eigenvalue weighted by Gasteiger charge is -2.38. The van der Waals surface area contributed by atoms with Gasteiger partial charge in [0, 0.05) is 31.2 Å². The van der Waals surface area contributed by atoms with E-state index in [0.717, 1.165) is 5.56 Å². The number of nitrogens with zero attached hydrogens (tertiary/aromatic N) is 6. The van der Waals surface area contributed by atoms with E-state index in [1.807, 2.05) is 26.1 Å². The summed E-state index contributed by atoms with van der Waals surface area (Å²) in [6.45, 7) is 5.16. The van der Waals surface area contributed by atoms with Crippen LogP contribution in [0.15, 0.2) is 42.7 Å². The average molecular weight is 576 g/mol. The number of fused-ring (bicyclic) bond motifs is 1. The van der Waals surface area contributed by atoms with Crippen molar-refractivity contribution < 1.29 is 19.4 Å². The van der Waals surface area contributed by atoms with Crippen LogP contribution in [0.5, 0.6) is 5.75 Å². The van der Waals surface area contributed by atoms with Gasteiger partial charge in [-0.2, -0.15) is 0 Å². The van der Waals surface area contributed by atoms with Crippen LogP contribution in [-0.2, 0) is 17.9 Å². The third kappa shape index (κ3) is 7.24. The fraction of sp³-hybridized carbons (Fsp3) is 0.423. The van der Waals surface area contributed by atoms with Crippen molar-refractivity contribution in [2.45, 2.75) is 39.1 Å². The van der Waals surface area contributed by atoms with Crippen LogP contribution in [0.25, 0.3) is 0 Å². The summed E-state index contributed by atoms with van der Waals surface area (Å²) in [5.41, 5.74) is 1.75. The van der Waals surface area contributed by atoms with E-state index in [2.05, 4.69) is 25.7 Å². The van der Waals surface area contributed by atoms with E-state index in [1.165, 1.54) is 11.0 Å². The summed E-state index contributed by atoms with van der Waals surface area (Å²) >= 11 is 12.3. The number of aromatic nitrogens is 4. The Balaban J connectivity index is 1.56. The van der Waals surface area contributed by atoms with Gasteiger partial charge >= 0.3 is 0 Å². The van der Waals surface area contributed by atoms with E-state index in [4.69, 9.17) is 27.9 Å². The number of aliphatic hydroxyl groups is 1. The number of rotatable bonds is 9. The molecule has 0 spiro atoms. The standard InChI is InChI=1S/C26H31Cl2N7O4/c1-16-10-35(17(2)14-36)26(38)20-9-19(30-25(37)13-34-15-29-31-32-34)5-7-23(20)39-24(16)12-33(3)11-18-4-6-21(27)22(28)8-18/h4-9,15-17,24,36H,10-14H2,1-3H3,(H,30,37)/t16-,17-,24+/m0/s1. The summed E-state index contributed by atoms with van der Waals surface area (Å²) in [7, 11) is 1.99. The second-order valence-electron chi connectivity index (χ2n) is 9.83. The number of carbonyl (C=O) groups is 2. The lowest BCUT2D eigenvalue weighted by atomic mass is 9.99. The molecule has 0 saturated carbocycles. The molecule has 1 aliphatic rings. The van der Waals surface area contributed by atoms with Crippen LogP contribution in [0.4, 0.5) is 5.69 Å². The van der Waals surface area contributed by atoms with Crippen molar-refractivity contribution in [2.24, 2.45) is 5.92 Å². The molecule has 2 aromatic carbocycles. The molecule has 4 rings (SSSR count). The van der Waals surface area contributed by atoms with Crippen molar-refractivity contribution in [3.8, 4) is 5.75 Å². The topological polar surface area (TPSA) is 126 Å². The van der Waals surface area contributed by atoms with Gasteiger partial charge in [0.1, 0.15) is 24.7 Å². The van der Waals surface area contributed by atoms with Gasteiger partial charge in [-0.05, 0) is 60.3 Å². The Labute approximate surface area is 236 Å². The summed E-state index contributed by atoms with van der Waals surface area (Å²) in [5.74, 6) is -0.258. The SMILES string of the molecule is C[C@H]1CN([C@@H](C)CO)C(=O)c2cc(NC(=O)Cn3cnnn3)ccc2O[C@@H]1CN(C)Cc1ccc(Cl)c(Cl)c1. The van der Waals surface area contributed by atoms with E-state index in [-0.39, 0.29) is 37.0 Å². The molecule has 2 heterocycles. The van der Waals surface area contributed by atoms with Crippen LogP contribution in [0, 0.1) is 5.92 Å². The quantitative estimate of drug-likeness (QED) is 0.399. The number of halogens is 2. The summed E-state index contributed by atoms with van der Waals surface area (Å²) in [6, 6.07) is 10.1. The zero-order valence-corrected chi connectivity index (χ0v) is 23.4. The molecule has 0 fully saturated rings. The van der Waals surface area contributed by atoms with Gasteiger partial charge < -0.3 is 20.1 Å². The number of carbonyl (C=O) groups excluding carboxylic acids is 2. The van der Waals surface area contributed by atoms with E-state index in [0.29, 0.717) is 46.7 Å². The number of tetrazole rings is 1. The molecule has 3 atom stereocenters. The highest BCUT2D eigenvalue weighted by atomic mass is 35.5. The lowest BCUT2D eigenvalue weighted by Crippen LogP contribution is -2.49. The zero-order chi connectivity index (χ0) is 28.1. The smallest absolute Gasteiger partial charge is 0.258 e. The second-order valence-corrected chi connectivity index (χ2v) is 10.6. The summed E-state index contributed by atoms with van der Waals surface area (Å²) in [4.78, 5) is 29.9. The highest BCUT2D eigenvalue weighted by molar-refractivity contribution is 6.42. The number of anilines is 1. The number of hydrogen-bond donors (Lipinski definition) is 2. The van der Waals surface area contributed by atoms with Crippen LogP contribution >= 0.6 is 23.2 Å². The van der Waals surface area contributed by atoms with Gasteiger partial charge in [0.15, 0.2) is 0 Å². The van der Waals surface area contributed by atoms with E-state index in [1.54, 1.807) is 36.1 Å². The number of benzene rings is 2. The molecule has 11 nitrogen and oxygen atoms in total. The predicted octanol–water partition coefficient (Wildman–Crippen LogP) is 2.97. The molecule has 2 amide bonds. The van der Waals surface area contributed by atoms with Crippen molar-refractivity contribution in [3.63, 3.8) is 0 Å². The average Bonchev–Trinajstić information content (AvgIpc) is 3.41. The van der Waals surface area contributed by atoms with E-state index < -0.39 is 6.04 Å². The molecule has 1 aromatic heterocycles. The maximum Gasteiger partial charge on any atom is 0.258 e. The number of ether oxygens (including phenoxy) is 1. The molecule has 208 valence electrons. The first-order chi connectivity index (χ1) is 18.6. The molecular weight excluding hydrogens is 545 g/mol. The van der Waals surface area contributed by atoms with Crippen LogP contribution < -0.4 is 10.1 Å². The largest absolute Gasteiger partial charge is 0.488 e. The first kappa shape index (κ1) is 28.8. The van der Waals surface area contributed by atoms with Gasteiger partial charge in [-0.15, -0.1) is 5.10 Å². The van der Waals surface area contributed by atoms with Crippen molar-refractivity contribution in [1.29, 1.82) is 0 Å². The van der Waals surface area contributed by atoms with Gasteiger partial charge in [0.25, 0.3) is 5.91 Å². The van der Waals surface area contributed by atoms with Crippen molar-refractivity contribution in [2.75, 3.05) is 32.1 Å². The predicted molar refractivity (Wildman–Crippen MR) is 147 cm³/mol. The molecule has 39 heavy (non-hydrogen) atoms. The van der Waals surface area contributed by atoms with Crippen LogP contribution in [0.2, 0.25) is 10.0 Å². The zero-order valence-electron chi connectivity index (χ0n) is 21.9. The summed E-state index contributed by atoms with van der Waals surface area (Å²) in [6.07, 6.45) is 1.07. The Kier molecular flexibility index (Phi) is 9.39. The molecule has 0 aliphatic carbocycles. The van der Waals surface area contributed by atoms with Crippen molar-refractivity contribution >= 4 is 40.7 Å². The maximum atomic E-state index is 13.6. The Hall–Kier alpha value is -3.25. The van der Waals surface area contributed by atoms with Crippen LogP contribution in [0.1, 0.15) is 29.8 Å². The highest BCUT2D eigenvalue weighted by Gasteiger charge is 2.33. The maximum absolute atomic E-state index is 13.6. The minimum atomic E-state index is -0.404. The van der Waals surface area contributed by atoms with Gasteiger partial charge in [-0.25, -0.2) is 4.68 Å².